The predicted molar refractivity (Wildman–Crippen MR) is 142 cm³/mol. The average molecular weight is 544 g/mol. The number of benzene rings is 1. The van der Waals surface area contributed by atoms with Crippen molar-refractivity contribution in [3.8, 4) is 0 Å². The number of aliphatic hydroxyl groups is 2. The number of aryl methyl sites for hydroxylation is 1. The minimum atomic E-state index is -3.56. The summed E-state index contributed by atoms with van der Waals surface area (Å²) in [6, 6.07) is 6.20. The Morgan fingerprint density at radius 2 is 1.92 bits per heavy atom. The minimum absolute atomic E-state index is 0.0371. The molecule has 3 aromatic heterocycles. The van der Waals surface area contributed by atoms with Gasteiger partial charge in [-0.2, -0.15) is 0 Å². The lowest BCUT2D eigenvalue weighted by atomic mass is 9.87. The molecule has 1 aromatic carbocycles. The van der Waals surface area contributed by atoms with Gasteiger partial charge in [0.15, 0.2) is 27.5 Å². The lowest BCUT2D eigenvalue weighted by Crippen LogP contribution is -2.36. The number of ether oxygens (including phenoxy) is 1. The number of H-pyrrole nitrogens is 1. The Balaban J connectivity index is 1.17. The van der Waals surface area contributed by atoms with E-state index in [-0.39, 0.29) is 17.0 Å². The van der Waals surface area contributed by atoms with Gasteiger partial charge in [0.05, 0.1) is 28.9 Å². The van der Waals surface area contributed by atoms with E-state index in [0.29, 0.717) is 30.4 Å². The number of aromatic nitrogens is 6. The van der Waals surface area contributed by atoms with Crippen LogP contribution in [0.1, 0.15) is 51.2 Å². The number of hydrogen-bond acceptors (Lipinski definition) is 10. The van der Waals surface area contributed by atoms with Crippen LogP contribution in [0.2, 0.25) is 0 Å². The van der Waals surface area contributed by atoms with Crippen molar-refractivity contribution >= 4 is 37.9 Å². The van der Waals surface area contributed by atoms with Crippen molar-refractivity contribution < 1.29 is 23.4 Å². The summed E-state index contributed by atoms with van der Waals surface area (Å²) in [5.74, 6) is 0.511. The van der Waals surface area contributed by atoms with Crippen molar-refractivity contribution in [3.63, 3.8) is 0 Å². The van der Waals surface area contributed by atoms with Crippen LogP contribution in [-0.2, 0) is 26.4 Å². The fourth-order valence-corrected chi connectivity index (χ4v) is 6.34. The summed E-state index contributed by atoms with van der Waals surface area (Å²) in [5, 5.41) is 21.1. The van der Waals surface area contributed by atoms with Gasteiger partial charge in [0.2, 0.25) is 0 Å². The van der Waals surface area contributed by atoms with Crippen molar-refractivity contribution in [3.05, 3.63) is 42.2 Å². The first-order valence-corrected chi connectivity index (χ1v) is 14.4. The van der Waals surface area contributed by atoms with Gasteiger partial charge in [-0.25, -0.2) is 28.4 Å². The number of aliphatic hydroxyl groups excluding tert-OH is 2. The van der Waals surface area contributed by atoms with E-state index in [4.69, 9.17) is 10.5 Å². The van der Waals surface area contributed by atoms with E-state index in [9.17, 15) is 18.6 Å². The molecular formula is C25H33N7O5S. The third kappa shape index (κ3) is 5.23. The summed E-state index contributed by atoms with van der Waals surface area (Å²) in [6.45, 7) is 6.48. The highest BCUT2D eigenvalue weighted by Gasteiger charge is 2.45. The van der Waals surface area contributed by atoms with Crippen LogP contribution >= 0.6 is 0 Å². The molecule has 1 aliphatic heterocycles. The summed E-state index contributed by atoms with van der Waals surface area (Å²) >= 11 is 0. The van der Waals surface area contributed by atoms with Crippen LogP contribution in [0.25, 0.3) is 22.2 Å². The molecule has 4 atom stereocenters. The van der Waals surface area contributed by atoms with E-state index in [1.165, 1.54) is 22.8 Å². The van der Waals surface area contributed by atoms with Crippen LogP contribution in [0.5, 0.6) is 0 Å². The van der Waals surface area contributed by atoms with Gasteiger partial charge in [0, 0.05) is 6.42 Å². The van der Waals surface area contributed by atoms with E-state index in [0.717, 1.165) is 16.9 Å². The number of sulfone groups is 1. The largest absolute Gasteiger partial charge is 0.387 e. The molecule has 38 heavy (non-hydrogen) atoms. The monoisotopic (exact) mass is 543 g/mol. The lowest BCUT2D eigenvalue weighted by Gasteiger charge is -2.18. The summed E-state index contributed by atoms with van der Waals surface area (Å²) in [6.07, 6.45) is -0.594. The maximum Gasteiger partial charge on any atom is 0.167 e. The van der Waals surface area contributed by atoms with Gasteiger partial charge in [-0.3, -0.25) is 4.57 Å². The Labute approximate surface area is 220 Å². The zero-order valence-corrected chi connectivity index (χ0v) is 22.4. The SMILES string of the molecule is CC(C)(C)c1ccc2nc(CCCCS(=O)(=O)C[C@H]3O[C@@H](n4cnc5c(N)ncnc54)[C@H](O)[C@@H]3O)[nH]c2c1. The fraction of sp³-hybridized carbons (Fsp3) is 0.520. The molecule has 0 spiro atoms. The second-order valence-electron chi connectivity index (χ2n) is 10.9. The molecule has 1 fully saturated rings. The van der Waals surface area contributed by atoms with Gasteiger partial charge < -0.3 is 25.7 Å². The van der Waals surface area contributed by atoms with Gasteiger partial charge in [-0.05, 0) is 36.0 Å². The van der Waals surface area contributed by atoms with Gasteiger partial charge >= 0.3 is 0 Å². The third-order valence-electron chi connectivity index (χ3n) is 6.93. The predicted octanol–water partition coefficient (Wildman–Crippen LogP) is 1.64. The summed E-state index contributed by atoms with van der Waals surface area (Å²) in [7, 11) is -3.56. The lowest BCUT2D eigenvalue weighted by molar-refractivity contribution is -0.0292. The van der Waals surface area contributed by atoms with Crippen molar-refractivity contribution in [1.29, 1.82) is 0 Å². The Morgan fingerprint density at radius 3 is 2.68 bits per heavy atom. The number of aromatic amines is 1. The first kappa shape index (κ1) is 26.5. The molecule has 204 valence electrons. The van der Waals surface area contributed by atoms with E-state index in [1.54, 1.807) is 0 Å². The number of unbranched alkanes of at least 4 members (excludes halogenated alkanes) is 1. The Bertz CT molecular complexity index is 1560. The third-order valence-corrected chi connectivity index (χ3v) is 8.68. The molecule has 0 radical (unpaired) electrons. The van der Waals surface area contributed by atoms with Gasteiger partial charge in [-0.15, -0.1) is 0 Å². The molecule has 1 aliphatic rings. The van der Waals surface area contributed by atoms with Crippen LogP contribution in [0, 0.1) is 0 Å². The fourth-order valence-electron chi connectivity index (χ4n) is 4.75. The molecule has 0 aliphatic carbocycles. The number of nitrogens with two attached hydrogens (primary N) is 1. The molecule has 1 saturated heterocycles. The minimum Gasteiger partial charge on any atom is -0.387 e. The summed E-state index contributed by atoms with van der Waals surface area (Å²) in [4.78, 5) is 20.1. The van der Waals surface area contributed by atoms with Crippen LogP contribution in [0.3, 0.4) is 0 Å². The second-order valence-corrected chi connectivity index (χ2v) is 13.1. The maximum atomic E-state index is 12.8. The van der Waals surface area contributed by atoms with Gasteiger partial charge in [-0.1, -0.05) is 26.8 Å². The molecule has 4 heterocycles. The molecule has 0 unspecified atom stereocenters. The molecule has 0 bridgehead atoms. The molecule has 12 nitrogen and oxygen atoms in total. The van der Waals surface area contributed by atoms with Gasteiger partial charge in [0.25, 0.3) is 0 Å². The zero-order valence-electron chi connectivity index (χ0n) is 21.6. The highest BCUT2D eigenvalue weighted by Crippen LogP contribution is 2.33. The Morgan fingerprint density at radius 1 is 1.13 bits per heavy atom. The van der Waals surface area contributed by atoms with E-state index < -0.39 is 40.1 Å². The number of anilines is 1. The van der Waals surface area contributed by atoms with E-state index in [1.807, 2.05) is 6.07 Å². The number of nitrogen functional groups attached to an aromatic ring is 1. The van der Waals surface area contributed by atoms with Crippen LogP contribution in [-0.4, -0.2) is 77.9 Å². The molecule has 13 heteroatoms. The van der Waals surface area contributed by atoms with Crippen molar-refractivity contribution in [1.82, 2.24) is 29.5 Å². The molecule has 5 rings (SSSR count). The summed E-state index contributed by atoms with van der Waals surface area (Å²) < 4.78 is 32.8. The van der Waals surface area contributed by atoms with Crippen LogP contribution in [0.15, 0.2) is 30.9 Å². The highest BCUT2D eigenvalue weighted by atomic mass is 32.2. The first-order valence-electron chi connectivity index (χ1n) is 12.6. The number of fused-ring (bicyclic) bond motifs is 2. The topological polar surface area (TPSA) is 182 Å². The van der Waals surface area contributed by atoms with Gasteiger partial charge in [0.1, 0.15) is 36.0 Å². The first-order chi connectivity index (χ1) is 17.9. The Kier molecular flexibility index (Phi) is 6.88. The highest BCUT2D eigenvalue weighted by molar-refractivity contribution is 7.91. The van der Waals surface area contributed by atoms with Crippen molar-refractivity contribution in [2.24, 2.45) is 0 Å². The standard InChI is InChI=1S/C25H33N7O5S/c1-25(2,3)14-7-8-15-16(10-14)31-18(30-15)6-4-5-9-38(35,36)11-17-20(33)21(34)24(37-17)32-13-29-19-22(26)27-12-28-23(19)32/h7-8,10,12-13,17,20-21,24,33-34H,4-6,9,11H2,1-3H3,(H,30,31)(H2,26,27,28)/t17-,20-,21-,24-/m1/s1. The number of imidazole rings is 2. The van der Waals surface area contributed by atoms with Crippen molar-refractivity contribution in [2.45, 2.75) is 70.0 Å². The van der Waals surface area contributed by atoms with E-state index in [2.05, 4.69) is 57.8 Å². The van der Waals surface area contributed by atoms with Crippen LogP contribution < -0.4 is 5.73 Å². The normalized spacial score (nSPS) is 22.6. The number of hydrogen-bond donors (Lipinski definition) is 4. The summed E-state index contributed by atoms with van der Waals surface area (Å²) in [5.41, 5.74) is 9.57. The Hall–Kier alpha value is -3.13. The smallest absolute Gasteiger partial charge is 0.167 e. The van der Waals surface area contributed by atoms with E-state index >= 15 is 0 Å². The molecule has 5 N–H and O–H groups in total. The number of nitrogens with zero attached hydrogens (tertiary/aromatic N) is 5. The quantitative estimate of drug-likeness (QED) is 0.238. The molecule has 0 amide bonds. The zero-order chi connectivity index (χ0) is 27.2. The second kappa shape index (κ2) is 9.88. The average Bonchev–Trinajstić information content (AvgIpc) is 3.53. The van der Waals surface area contributed by atoms with Crippen molar-refractivity contribution in [2.75, 3.05) is 17.2 Å². The molecule has 0 saturated carbocycles. The number of rotatable bonds is 8. The molecular weight excluding hydrogens is 510 g/mol. The van der Waals surface area contributed by atoms with Crippen LogP contribution in [0.4, 0.5) is 5.82 Å². The maximum absolute atomic E-state index is 12.8. The molecule has 4 aromatic rings. The number of nitrogens with one attached hydrogen (secondary N) is 1.